The summed E-state index contributed by atoms with van der Waals surface area (Å²) in [7, 11) is 0. The van der Waals surface area contributed by atoms with Gasteiger partial charge in [0, 0.05) is 0 Å². The third-order valence-electron chi connectivity index (χ3n) is 1.70. The first-order chi connectivity index (χ1) is 9.00. The second kappa shape index (κ2) is 11.5. The molecule has 0 saturated carbocycles. The van der Waals surface area contributed by atoms with Gasteiger partial charge in [-0.15, -0.1) is 0 Å². The molecule has 0 aromatic rings. The predicted molar refractivity (Wildman–Crippen MR) is 63.1 cm³/mol. The molecule has 0 amide bonds. The average molecular weight is 258 g/mol. The fourth-order valence-electron chi connectivity index (χ4n) is 0.933. The monoisotopic (exact) mass is 258 g/mol. The Bertz CT molecular complexity index is 194. The van der Waals surface area contributed by atoms with E-state index >= 15 is 0 Å². The zero-order valence-corrected chi connectivity index (χ0v) is 10.2. The molecule has 6 nitrogen and oxygen atoms in total. The Morgan fingerprint density at radius 3 is 0.667 bits per heavy atom. The summed E-state index contributed by atoms with van der Waals surface area (Å²) in [6.07, 6.45) is 8.78. The van der Waals surface area contributed by atoms with Crippen LogP contribution in [0.5, 0.6) is 0 Å². The molecule has 0 aromatic carbocycles. The maximum Gasteiger partial charge on any atom is 0.121 e. The maximum absolute atomic E-state index is 5.10. The molecule has 102 valence electrons. The largest absolute Gasteiger partial charge is 0.494 e. The molecule has 0 aromatic heterocycles. The van der Waals surface area contributed by atoms with Crippen LogP contribution in [-0.4, -0.2) is 39.6 Å². The highest BCUT2D eigenvalue weighted by Gasteiger charge is 1.87. The van der Waals surface area contributed by atoms with E-state index in [0.717, 1.165) is 0 Å². The molecule has 18 heavy (non-hydrogen) atoms. The van der Waals surface area contributed by atoms with Gasteiger partial charge in [-0.3, -0.25) is 0 Å². The van der Waals surface area contributed by atoms with Crippen molar-refractivity contribution in [3.8, 4) is 0 Å². The highest BCUT2D eigenvalue weighted by atomic mass is 16.6. The Kier molecular flexibility index (Phi) is 9.00. The summed E-state index contributed by atoms with van der Waals surface area (Å²) in [5.74, 6) is 0. The number of hydrogen-bond donors (Lipinski definition) is 0. The van der Waals surface area contributed by atoms with E-state index < -0.39 is 0 Å². The molecule has 0 aliphatic carbocycles. The van der Waals surface area contributed by atoms with Gasteiger partial charge >= 0.3 is 0 Å². The van der Waals surface area contributed by atoms with Crippen LogP contribution in [0.2, 0.25) is 0 Å². The molecule has 0 atom stereocenters. The molecule has 1 aliphatic rings. The van der Waals surface area contributed by atoms with Crippen molar-refractivity contribution in [2.75, 3.05) is 39.6 Å². The minimum absolute atomic E-state index is 0.437. The standard InChI is InChI=1S/C12H18O6/c1-2-14-5-6-16-9-10-18-12-11-17-8-7-15-4-3-13-1/h1-2,7-10H,3-6,11-12H2. The van der Waals surface area contributed by atoms with Gasteiger partial charge in [0.2, 0.25) is 0 Å². The summed E-state index contributed by atoms with van der Waals surface area (Å²) in [6, 6.07) is 0. The zero-order valence-electron chi connectivity index (χ0n) is 10.2. The summed E-state index contributed by atoms with van der Waals surface area (Å²) >= 11 is 0. The van der Waals surface area contributed by atoms with Crippen molar-refractivity contribution in [1.82, 2.24) is 0 Å². The first-order valence-corrected chi connectivity index (χ1v) is 5.65. The van der Waals surface area contributed by atoms with E-state index in [9.17, 15) is 0 Å². The second-order valence-corrected chi connectivity index (χ2v) is 3.04. The summed E-state index contributed by atoms with van der Waals surface area (Å²) in [5, 5.41) is 0. The van der Waals surface area contributed by atoms with Crippen molar-refractivity contribution in [2.24, 2.45) is 0 Å². The summed E-state index contributed by atoms with van der Waals surface area (Å²) < 4.78 is 30.6. The molecule has 0 N–H and O–H groups in total. The van der Waals surface area contributed by atoms with E-state index in [-0.39, 0.29) is 0 Å². The topological polar surface area (TPSA) is 55.4 Å². The van der Waals surface area contributed by atoms with Crippen LogP contribution in [0.4, 0.5) is 0 Å². The molecule has 1 aliphatic heterocycles. The fraction of sp³-hybridized carbons (Fsp3) is 0.500. The first-order valence-electron chi connectivity index (χ1n) is 5.65. The molecule has 0 radical (unpaired) electrons. The van der Waals surface area contributed by atoms with Crippen molar-refractivity contribution in [1.29, 1.82) is 0 Å². The molecular formula is C12H18O6. The smallest absolute Gasteiger partial charge is 0.121 e. The van der Waals surface area contributed by atoms with Gasteiger partial charge < -0.3 is 28.4 Å². The molecule has 6 heteroatoms. The lowest BCUT2D eigenvalue weighted by atomic mass is 10.7. The van der Waals surface area contributed by atoms with Crippen LogP contribution in [0.3, 0.4) is 0 Å². The average Bonchev–Trinajstić information content (AvgIpc) is 2.39. The molecule has 0 spiro atoms. The van der Waals surface area contributed by atoms with E-state index in [2.05, 4.69) is 0 Å². The van der Waals surface area contributed by atoms with E-state index in [4.69, 9.17) is 28.4 Å². The maximum atomic E-state index is 5.10. The van der Waals surface area contributed by atoms with Crippen LogP contribution in [-0.2, 0) is 28.4 Å². The molecular weight excluding hydrogens is 240 g/mol. The van der Waals surface area contributed by atoms with Gasteiger partial charge in [-0.2, -0.15) is 0 Å². The summed E-state index contributed by atoms with van der Waals surface area (Å²) in [4.78, 5) is 0. The van der Waals surface area contributed by atoms with Crippen LogP contribution < -0.4 is 0 Å². The second-order valence-electron chi connectivity index (χ2n) is 3.04. The highest BCUT2D eigenvalue weighted by Crippen LogP contribution is 1.88. The Balaban J connectivity index is 2.19. The Morgan fingerprint density at radius 2 is 0.500 bits per heavy atom. The van der Waals surface area contributed by atoms with Crippen LogP contribution in [0, 0.1) is 0 Å². The minimum Gasteiger partial charge on any atom is -0.494 e. The van der Waals surface area contributed by atoms with E-state index in [1.807, 2.05) is 0 Å². The van der Waals surface area contributed by atoms with Crippen LogP contribution in [0.25, 0.3) is 0 Å². The molecule has 0 unspecified atom stereocenters. The van der Waals surface area contributed by atoms with Crippen LogP contribution in [0.1, 0.15) is 0 Å². The van der Waals surface area contributed by atoms with Gasteiger partial charge in [0.1, 0.15) is 77.2 Å². The molecule has 1 heterocycles. The number of ether oxygens (including phenoxy) is 6. The lowest BCUT2D eigenvalue weighted by Gasteiger charge is -2.04. The Morgan fingerprint density at radius 1 is 0.333 bits per heavy atom. The van der Waals surface area contributed by atoms with Gasteiger partial charge in [0.15, 0.2) is 0 Å². The van der Waals surface area contributed by atoms with Gasteiger partial charge in [0.05, 0.1) is 0 Å². The third-order valence-corrected chi connectivity index (χ3v) is 1.70. The molecule has 0 saturated heterocycles. The SMILES string of the molecule is C1=COCCOC=COCCOC=COCCO1. The molecule has 0 fully saturated rings. The quantitative estimate of drug-likeness (QED) is 0.656. The summed E-state index contributed by atoms with van der Waals surface area (Å²) in [5.41, 5.74) is 0. The molecule has 1 rings (SSSR count). The van der Waals surface area contributed by atoms with Gasteiger partial charge in [-0.05, 0) is 0 Å². The van der Waals surface area contributed by atoms with Crippen molar-refractivity contribution >= 4 is 0 Å². The van der Waals surface area contributed by atoms with E-state index in [0.29, 0.717) is 39.6 Å². The minimum atomic E-state index is 0.437. The van der Waals surface area contributed by atoms with Gasteiger partial charge in [-0.25, -0.2) is 0 Å². The highest BCUT2D eigenvalue weighted by molar-refractivity contribution is 4.65. The lowest BCUT2D eigenvalue weighted by molar-refractivity contribution is 0.108. The van der Waals surface area contributed by atoms with E-state index in [1.165, 1.54) is 37.6 Å². The van der Waals surface area contributed by atoms with Crippen molar-refractivity contribution < 1.29 is 28.4 Å². The normalized spacial score (nSPS) is 18.7. The fourth-order valence-corrected chi connectivity index (χ4v) is 0.933. The van der Waals surface area contributed by atoms with Crippen LogP contribution in [0.15, 0.2) is 37.6 Å². The van der Waals surface area contributed by atoms with Crippen molar-refractivity contribution in [3.05, 3.63) is 37.6 Å². The first kappa shape index (κ1) is 14.1. The predicted octanol–water partition coefficient (Wildman–Crippen LogP) is 1.51. The Labute approximate surface area is 106 Å². The van der Waals surface area contributed by atoms with Gasteiger partial charge in [0.25, 0.3) is 0 Å². The Hall–Kier alpha value is -1.98. The van der Waals surface area contributed by atoms with Crippen LogP contribution >= 0.6 is 0 Å². The van der Waals surface area contributed by atoms with Crippen molar-refractivity contribution in [2.45, 2.75) is 0 Å². The zero-order chi connectivity index (χ0) is 12.7. The number of hydrogen-bond acceptors (Lipinski definition) is 6. The van der Waals surface area contributed by atoms with E-state index in [1.54, 1.807) is 0 Å². The molecule has 0 bridgehead atoms. The summed E-state index contributed by atoms with van der Waals surface area (Å²) in [6.45, 7) is 2.62. The third kappa shape index (κ3) is 9.26. The van der Waals surface area contributed by atoms with Crippen molar-refractivity contribution in [3.63, 3.8) is 0 Å². The number of rotatable bonds is 0. The lowest BCUT2D eigenvalue weighted by Crippen LogP contribution is -2.00. The van der Waals surface area contributed by atoms with Gasteiger partial charge in [-0.1, -0.05) is 0 Å².